The van der Waals surface area contributed by atoms with Crippen LogP contribution in [-0.2, 0) is 5.75 Å². The van der Waals surface area contributed by atoms with Crippen molar-refractivity contribution in [2.24, 2.45) is 0 Å². The van der Waals surface area contributed by atoms with Crippen LogP contribution in [0.1, 0.15) is 41.0 Å². The fourth-order valence-electron chi connectivity index (χ4n) is 4.25. The van der Waals surface area contributed by atoms with Crippen LogP contribution < -0.4 is 0 Å². The van der Waals surface area contributed by atoms with Gasteiger partial charge in [0.2, 0.25) is 0 Å². The molecule has 11 heteroatoms. The van der Waals surface area contributed by atoms with Crippen LogP contribution in [0.3, 0.4) is 0 Å². The summed E-state index contributed by atoms with van der Waals surface area (Å²) in [5.74, 6) is -15.1. The Labute approximate surface area is 211 Å². The number of alkyl halides is 6. The smallest absolute Gasteiger partial charge is 0.297 e. The molecule has 1 aliphatic carbocycles. The molecule has 1 aromatic carbocycles. The highest BCUT2D eigenvalue weighted by Crippen LogP contribution is 2.65. The van der Waals surface area contributed by atoms with Crippen molar-refractivity contribution in [2.45, 2.75) is 42.3 Å². The van der Waals surface area contributed by atoms with E-state index in [1.807, 2.05) is 29.6 Å². The monoisotopic (exact) mass is 562 g/mol. The molecule has 0 bridgehead atoms. The molecule has 0 fully saturated rings. The highest BCUT2D eigenvalue weighted by molar-refractivity contribution is 8.83. The van der Waals surface area contributed by atoms with Gasteiger partial charge in [0.05, 0.1) is 4.88 Å². The Kier molecular flexibility index (Phi) is 5.94. The van der Waals surface area contributed by atoms with Crippen LogP contribution in [0.15, 0.2) is 41.3 Å². The summed E-state index contributed by atoms with van der Waals surface area (Å²) in [5, 5.41) is 1.88. The molecule has 0 saturated heterocycles. The Bertz CT molecular complexity index is 1400. The van der Waals surface area contributed by atoms with Gasteiger partial charge in [0, 0.05) is 36.4 Å². The second kappa shape index (κ2) is 8.36. The van der Waals surface area contributed by atoms with Gasteiger partial charge in [-0.25, -0.2) is 0 Å². The van der Waals surface area contributed by atoms with Crippen LogP contribution in [-0.4, -0.2) is 29.4 Å². The molecule has 1 aliphatic heterocycles. The molecule has 3 aromatic rings. The Morgan fingerprint density at radius 2 is 1.40 bits per heavy atom. The third kappa shape index (κ3) is 3.69. The predicted octanol–water partition coefficient (Wildman–Crippen LogP) is 8.71. The van der Waals surface area contributed by atoms with E-state index in [4.69, 9.17) is 0 Å². The Hall–Kier alpha value is -1.82. The van der Waals surface area contributed by atoms with Crippen LogP contribution in [0.5, 0.6) is 0 Å². The summed E-state index contributed by atoms with van der Waals surface area (Å²) in [7, 11) is 1.33. The molecule has 184 valence electrons. The number of aldehydes is 1. The van der Waals surface area contributed by atoms with Crippen LogP contribution in [0.2, 0.25) is 0 Å². The standard InChI is InChI=1S/C24H16F6OS4/c1-12-17(7-15(9-31)32-12)20-21(23(27,28)24(29,30)22(20,25)26)18-8-16(33-13(18)2)11-35-10-14-5-3-4-6-19(14)34-35/h3-9,11H,10H2,1-2H3. The molecule has 0 N–H and O–H groups in total. The van der Waals surface area contributed by atoms with Gasteiger partial charge >= 0.3 is 17.8 Å². The summed E-state index contributed by atoms with van der Waals surface area (Å²) in [6.07, 6.45) is 0.381. The molecule has 2 aromatic heterocycles. The van der Waals surface area contributed by atoms with E-state index in [0.29, 0.717) is 11.2 Å². The quantitative estimate of drug-likeness (QED) is 0.137. The van der Waals surface area contributed by atoms with Gasteiger partial charge in [-0.2, -0.15) is 26.3 Å². The van der Waals surface area contributed by atoms with E-state index in [1.165, 1.54) is 19.9 Å². The molecule has 1 nitrogen and oxygen atoms in total. The lowest BCUT2D eigenvalue weighted by atomic mass is 9.95. The normalized spacial score (nSPS) is 22.1. The van der Waals surface area contributed by atoms with Crippen molar-refractivity contribution in [3.63, 3.8) is 0 Å². The van der Waals surface area contributed by atoms with Gasteiger partial charge in [-0.3, -0.25) is 4.79 Å². The summed E-state index contributed by atoms with van der Waals surface area (Å²) in [5.41, 5.74) is -2.39. The van der Waals surface area contributed by atoms with Crippen LogP contribution >= 0.6 is 43.0 Å². The molecule has 3 heterocycles. The van der Waals surface area contributed by atoms with Crippen LogP contribution in [0, 0.1) is 13.8 Å². The average molecular weight is 563 g/mol. The van der Waals surface area contributed by atoms with Gasteiger partial charge in [-0.1, -0.05) is 29.0 Å². The summed E-state index contributed by atoms with van der Waals surface area (Å²) >= 11 is 1.90. The third-order valence-corrected chi connectivity index (χ3v) is 11.8. The molecular formula is C24H16F6OS4. The first-order chi connectivity index (χ1) is 16.4. The van der Waals surface area contributed by atoms with E-state index in [2.05, 4.69) is 0 Å². The highest BCUT2D eigenvalue weighted by Gasteiger charge is 2.80. The van der Waals surface area contributed by atoms with Crippen LogP contribution in [0.25, 0.3) is 11.1 Å². The molecular weight excluding hydrogens is 547 g/mol. The first-order valence-corrected chi connectivity index (χ1v) is 14.7. The lowest BCUT2D eigenvalue weighted by Crippen LogP contribution is -2.48. The van der Waals surface area contributed by atoms with E-state index in [0.717, 1.165) is 45.0 Å². The lowest BCUT2D eigenvalue weighted by molar-refractivity contribution is -0.254. The van der Waals surface area contributed by atoms with E-state index in [-0.39, 0.29) is 29.7 Å². The molecule has 0 saturated carbocycles. The van der Waals surface area contributed by atoms with Gasteiger partial charge in [-0.15, -0.1) is 32.2 Å². The van der Waals surface area contributed by atoms with Gasteiger partial charge < -0.3 is 0 Å². The molecule has 35 heavy (non-hydrogen) atoms. The number of allylic oxidation sites excluding steroid dienone is 2. The zero-order valence-corrected chi connectivity index (χ0v) is 21.4. The zero-order valence-electron chi connectivity index (χ0n) is 18.1. The van der Waals surface area contributed by atoms with Gasteiger partial charge in [0.15, 0.2) is 6.29 Å². The first kappa shape index (κ1) is 24.9. The Morgan fingerprint density at radius 3 is 1.94 bits per heavy atom. The number of thiophene rings is 2. The number of benzene rings is 1. The Morgan fingerprint density at radius 1 is 0.857 bits per heavy atom. The number of hydrogen-bond acceptors (Lipinski definition) is 4. The minimum absolute atomic E-state index is 0.00577. The fourth-order valence-corrected chi connectivity index (χ4v) is 10.6. The minimum atomic E-state index is -5.62. The molecule has 2 aliphatic rings. The van der Waals surface area contributed by atoms with Crippen molar-refractivity contribution in [1.82, 2.24) is 0 Å². The van der Waals surface area contributed by atoms with Crippen molar-refractivity contribution in [3.8, 4) is 0 Å². The number of fused-ring (bicyclic) bond motifs is 1. The number of hydrogen-bond donors (Lipinski definition) is 0. The van der Waals surface area contributed by atoms with Crippen molar-refractivity contribution in [2.75, 3.05) is 0 Å². The largest absolute Gasteiger partial charge is 0.380 e. The SMILES string of the molecule is Cc1sc(C=O)cc1C1=C(c2cc(/C=S3/Cc4ccccc4S3)sc2C)C(F)(F)C(F)(F)C1(F)F. The van der Waals surface area contributed by atoms with Crippen LogP contribution in [0.4, 0.5) is 26.3 Å². The lowest BCUT2D eigenvalue weighted by Gasteiger charge is -2.25. The minimum Gasteiger partial charge on any atom is -0.297 e. The fraction of sp³-hybridized carbons (Fsp3) is 0.250. The predicted molar refractivity (Wildman–Crippen MR) is 134 cm³/mol. The molecule has 0 radical (unpaired) electrons. The zero-order chi connectivity index (χ0) is 25.3. The van der Waals surface area contributed by atoms with Crippen molar-refractivity contribution in [3.05, 3.63) is 72.6 Å². The average Bonchev–Trinajstić information content (AvgIpc) is 3.48. The first-order valence-electron chi connectivity index (χ1n) is 10.2. The summed E-state index contributed by atoms with van der Waals surface area (Å²) in [6.45, 7) is 2.81. The van der Waals surface area contributed by atoms with E-state index in [1.54, 1.807) is 10.8 Å². The highest BCUT2D eigenvalue weighted by atomic mass is 33.1. The van der Waals surface area contributed by atoms with E-state index in [9.17, 15) is 13.6 Å². The second-order valence-corrected chi connectivity index (χ2v) is 14.4. The summed E-state index contributed by atoms with van der Waals surface area (Å²) in [6, 6.07) is 10.1. The van der Waals surface area contributed by atoms with E-state index >= 15 is 17.6 Å². The molecule has 1 unspecified atom stereocenters. The maximum atomic E-state index is 15.1. The topological polar surface area (TPSA) is 17.1 Å². The van der Waals surface area contributed by atoms with Gasteiger partial charge in [-0.05, 0) is 54.1 Å². The number of carbonyl (C=O) groups is 1. The third-order valence-electron chi connectivity index (χ3n) is 5.91. The maximum Gasteiger partial charge on any atom is 0.380 e. The number of carbonyl (C=O) groups excluding carboxylic acids is 1. The second-order valence-electron chi connectivity index (χ2n) is 8.16. The number of halogens is 6. The molecule has 5 rings (SSSR count). The van der Waals surface area contributed by atoms with Crippen molar-refractivity contribution >= 4 is 65.8 Å². The van der Waals surface area contributed by atoms with E-state index < -0.39 is 34.5 Å². The van der Waals surface area contributed by atoms with Gasteiger partial charge in [0.25, 0.3) is 0 Å². The summed E-state index contributed by atoms with van der Waals surface area (Å²) in [4.78, 5) is 13.2. The molecule has 0 spiro atoms. The van der Waals surface area contributed by atoms with Crippen molar-refractivity contribution in [1.29, 1.82) is 0 Å². The van der Waals surface area contributed by atoms with Gasteiger partial charge in [0.1, 0.15) is 0 Å². The number of aryl methyl sites for hydroxylation is 2. The Balaban J connectivity index is 1.68. The molecule has 1 atom stereocenters. The molecule has 0 amide bonds. The van der Waals surface area contributed by atoms with Crippen molar-refractivity contribution < 1.29 is 31.1 Å². The summed E-state index contributed by atoms with van der Waals surface area (Å²) < 4.78 is 89.5. The number of rotatable bonds is 4. The maximum absolute atomic E-state index is 15.1.